The quantitative estimate of drug-likeness (QED) is 0.329. The molecule has 9 nitrogen and oxygen atoms in total. The highest BCUT2D eigenvalue weighted by Gasteiger charge is 2.47. The predicted molar refractivity (Wildman–Crippen MR) is 138 cm³/mol. The van der Waals surface area contributed by atoms with Crippen molar-refractivity contribution in [3.63, 3.8) is 0 Å². The molecule has 0 amide bonds. The second-order valence-corrected chi connectivity index (χ2v) is 11.6. The van der Waals surface area contributed by atoms with Crippen molar-refractivity contribution < 1.29 is 10.2 Å². The summed E-state index contributed by atoms with van der Waals surface area (Å²) in [6.07, 6.45) is 6.52. The molecule has 0 bridgehead atoms. The van der Waals surface area contributed by atoms with E-state index in [0.717, 1.165) is 39.5 Å². The Morgan fingerprint density at radius 1 is 1.22 bits per heavy atom. The minimum absolute atomic E-state index is 0.196. The van der Waals surface area contributed by atoms with Crippen molar-refractivity contribution in [2.45, 2.75) is 82.6 Å². The number of hydrogen-bond donors (Lipinski definition) is 4. The third-order valence-electron chi connectivity index (χ3n) is 7.81. The van der Waals surface area contributed by atoms with Crippen molar-refractivity contribution >= 4 is 33.3 Å². The third kappa shape index (κ3) is 4.29. The minimum Gasteiger partial charge on any atom is -0.388 e. The largest absolute Gasteiger partial charge is 0.388 e. The molecule has 3 saturated carbocycles. The van der Waals surface area contributed by atoms with Crippen LogP contribution in [0.5, 0.6) is 0 Å². The average molecular weight is 506 g/mol. The fraction of sp³-hybridized carbons (Fsp3) is 0.577. The van der Waals surface area contributed by atoms with E-state index in [1.165, 1.54) is 12.8 Å². The summed E-state index contributed by atoms with van der Waals surface area (Å²) in [6, 6.07) is 4.35. The zero-order valence-corrected chi connectivity index (χ0v) is 21.3. The topological polar surface area (TPSA) is 140 Å². The molecule has 4 N–H and O–H groups in total. The Balaban J connectivity index is 1.42. The monoisotopic (exact) mass is 505 g/mol. The molecule has 4 atom stereocenters. The predicted octanol–water partition coefficient (Wildman–Crippen LogP) is 4.33. The molecule has 3 aliphatic carbocycles. The van der Waals surface area contributed by atoms with Crippen molar-refractivity contribution in [2.75, 3.05) is 10.6 Å². The van der Waals surface area contributed by atoms with Crippen LogP contribution in [0.3, 0.4) is 0 Å². The van der Waals surface area contributed by atoms with Gasteiger partial charge in [-0.2, -0.15) is 10.2 Å². The Bertz CT molecular complexity index is 1350. The van der Waals surface area contributed by atoms with Gasteiger partial charge in [0.2, 0.25) is 5.95 Å². The molecule has 10 heteroatoms. The number of aromatic nitrogens is 4. The summed E-state index contributed by atoms with van der Waals surface area (Å²) < 4.78 is 1.06. The lowest BCUT2D eigenvalue weighted by Crippen LogP contribution is -2.47. The molecule has 0 radical (unpaired) electrons. The molecular formula is C26H31N7O2S. The summed E-state index contributed by atoms with van der Waals surface area (Å²) in [5.41, 5.74) is 1.83. The van der Waals surface area contributed by atoms with Gasteiger partial charge in [-0.05, 0) is 64.4 Å². The molecule has 0 saturated heterocycles. The van der Waals surface area contributed by atoms with Crippen molar-refractivity contribution in [3.05, 3.63) is 23.7 Å². The number of hydrogen-bond acceptors (Lipinski definition) is 10. The molecular weight excluding hydrogens is 474 g/mol. The van der Waals surface area contributed by atoms with E-state index in [4.69, 9.17) is 20.2 Å². The highest BCUT2D eigenvalue weighted by atomic mass is 32.1. The smallest absolute Gasteiger partial charge is 0.225 e. The molecule has 188 valence electrons. The van der Waals surface area contributed by atoms with Crippen LogP contribution in [-0.4, -0.2) is 48.0 Å². The number of nitrogens with one attached hydrogen (secondary N) is 2. The first-order valence-electron chi connectivity index (χ1n) is 12.8. The molecule has 6 rings (SSSR count). The van der Waals surface area contributed by atoms with Crippen molar-refractivity contribution in [3.8, 4) is 16.6 Å². The molecule has 3 aromatic heterocycles. The van der Waals surface area contributed by atoms with Crippen LogP contribution in [0.2, 0.25) is 0 Å². The van der Waals surface area contributed by atoms with Crippen LogP contribution < -0.4 is 10.6 Å². The van der Waals surface area contributed by atoms with Gasteiger partial charge in [0, 0.05) is 30.5 Å². The van der Waals surface area contributed by atoms with Crippen LogP contribution in [0.1, 0.15) is 69.2 Å². The van der Waals surface area contributed by atoms with Gasteiger partial charge in [-0.15, -0.1) is 11.3 Å². The van der Waals surface area contributed by atoms with E-state index in [1.807, 2.05) is 19.2 Å². The van der Waals surface area contributed by atoms with Crippen molar-refractivity contribution in [1.29, 1.82) is 5.26 Å². The minimum atomic E-state index is -1.59. The van der Waals surface area contributed by atoms with Gasteiger partial charge in [-0.3, -0.25) is 4.98 Å². The Labute approximate surface area is 214 Å². The van der Waals surface area contributed by atoms with E-state index in [-0.39, 0.29) is 18.4 Å². The summed E-state index contributed by atoms with van der Waals surface area (Å²) in [5, 5.41) is 38.8. The van der Waals surface area contributed by atoms with E-state index in [1.54, 1.807) is 11.3 Å². The molecule has 3 aromatic rings. The van der Waals surface area contributed by atoms with Gasteiger partial charge in [-0.25, -0.2) is 9.97 Å². The number of aliphatic hydroxyl groups excluding tert-OH is 1. The lowest BCUT2D eigenvalue weighted by Gasteiger charge is -2.31. The fourth-order valence-corrected chi connectivity index (χ4v) is 6.38. The number of aliphatic hydroxyl groups is 2. The van der Waals surface area contributed by atoms with E-state index in [2.05, 4.69) is 28.6 Å². The second kappa shape index (κ2) is 8.91. The van der Waals surface area contributed by atoms with Crippen LogP contribution in [0.25, 0.3) is 20.8 Å². The van der Waals surface area contributed by atoms with Crippen LogP contribution in [0.4, 0.5) is 11.8 Å². The molecule has 0 aromatic carbocycles. The fourth-order valence-electron chi connectivity index (χ4n) is 5.31. The number of thiazole rings is 1. The maximum absolute atomic E-state index is 11.4. The van der Waals surface area contributed by atoms with Gasteiger partial charge in [-0.1, -0.05) is 0 Å². The Kier molecular flexibility index (Phi) is 5.82. The molecule has 3 fully saturated rings. The highest BCUT2D eigenvalue weighted by Crippen LogP contribution is 2.45. The number of pyridine rings is 1. The van der Waals surface area contributed by atoms with E-state index >= 15 is 0 Å². The zero-order chi connectivity index (χ0) is 25.0. The molecule has 0 aliphatic heterocycles. The summed E-state index contributed by atoms with van der Waals surface area (Å²) in [6.45, 7) is 4.06. The van der Waals surface area contributed by atoms with Crippen LogP contribution in [0.15, 0.2) is 12.3 Å². The first-order chi connectivity index (χ1) is 17.4. The van der Waals surface area contributed by atoms with E-state index in [0.29, 0.717) is 42.0 Å². The number of fused-ring (bicyclic) bond motifs is 1. The van der Waals surface area contributed by atoms with Crippen LogP contribution in [-0.2, 0) is 0 Å². The van der Waals surface area contributed by atoms with Crippen LogP contribution in [0, 0.1) is 30.1 Å². The summed E-state index contributed by atoms with van der Waals surface area (Å²) >= 11 is 1.56. The maximum atomic E-state index is 11.4. The molecule has 3 heterocycles. The first-order valence-corrected chi connectivity index (χ1v) is 13.6. The van der Waals surface area contributed by atoms with Gasteiger partial charge in [0.1, 0.15) is 22.4 Å². The number of anilines is 2. The lowest BCUT2D eigenvalue weighted by molar-refractivity contribution is -0.0466. The molecule has 4 unspecified atom stereocenters. The van der Waals surface area contributed by atoms with Crippen molar-refractivity contribution in [2.24, 2.45) is 11.8 Å². The van der Waals surface area contributed by atoms with Gasteiger partial charge in [0.15, 0.2) is 5.72 Å². The maximum Gasteiger partial charge on any atom is 0.225 e. The van der Waals surface area contributed by atoms with Crippen molar-refractivity contribution in [1.82, 2.24) is 19.9 Å². The second-order valence-electron chi connectivity index (χ2n) is 10.6. The van der Waals surface area contributed by atoms with Gasteiger partial charge >= 0.3 is 0 Å². The Morgan fingerprint density at radius 2 is 2.03 bits per heavy atom. The van der Waals surface area contributed by atoms with Gasteiger partial charge < -0.3 is 20.8 Å². The standard InChI is InChI=1S/C26H31N7O2S/c1-13(15-3-4-15)29-25-30-14(2)19(23(32-25)33-26(35)10-7-17(8-11-27)22(26)34)24-31-21-18(36-24)9-12-28-20(21)16-5-6-16/h9,12-13,15-17,22,34-35H,3-8,10H2,1-2H3,(H2,29,30,32,33). The number of nitriles is 1. The summed E-state index contributed by atoms with van der Waals surface area (Å²) in [7, 11) is 0. The first kappa shape index (κ1) is 23.5. The summed E-state index contributed by atoms with van der Waals surface area (Å²) in [4.78, 5) is 19.1. The van der Waals surface area contributed by atoms with E-state index in [9.17, 15) is 10.2 Å². The number of rotatable bonds is 8. The molecule has 0 spiro atoms. The van der Waals surface area contributed by atoms with Crippen LogP contribution >= 0.6 is 11.3 Å². The molecule has 3 aliphatic rings. The van der Waals surface area contributed by atoms with E-state index < -0.39 is 11.8 Å². The number of aryl methyl sites for hydroxylation is 1. The zero-order valence-electron chi connectivity index (χ0n) is 20.5. The lowest BCUT2D eigenvalue weighted by atomic mass is 10.00. The number of nitrogens with zero attached hydrogens (tertiary/aromatic N) is 5. The molecule has 36 heavy (non-hydrogen) atoms. The average Bonchev–Trinajstić information content (AvgIpc) is 3.76. The SMILES string of the molecule is Cc1nc(NC(C)C2CC2)nc(NC2(O)CCC(CC#N)C2O)c1-c1nc2c(C3CC3)nccc2s1. The van der Waals surface area contributed by atoms with Gasteiger partial charge in [0.05, 0.1) is 27.7 Å². The van der Waals surface area contributed by atoms with Gasteiger partial charge in [0.25, 0.3) is 0 Å². The third-order valence-corrected chi connectivity index (χ3v) is 8.85. The Hall–Kier alpha value is -2.87. The normalized spacial score (nSPS) is 26.6. The summed E-state index contributed by atoms with van der Waals surface area (Å²) in [5.74, 6) is 1.73. The highest BCUT2D eigenvalue weighted by molar-refractivity contribution is 7.21. The Morgan fingerprint density at radius 3 is 2.75 bits per heavy atom.